The van der Waals surface area contributed by atoms with Crippen molar-refractivity contribution in [3.8, 4) is 0 Å². The van der Waals surface area contributed by atoms with Gasteiger partial charge in [0.25, 0.3) is 5.91 Å². The third-order valence-electron chi connectivity index (χ3n) is 7.50. The Morgan fingerprint density at radius 3 is 2.70 bits per heavy atom. The molecule has 6 rings (SSSR count). The second-order valence-corrected chi connectivity index (χ2v) is 10.7. The van der Waals surface area contributed by atoms with E-state index in [2.05, 4.69) is 44.4 Å². The van der Waals surface area contributed by atoms with E-state index < -0.39 is 5.82 Å². The van der Waals surface area contributed by atoms with E-state index >= 15 is 0 Å². The van der Waals surface area contributed by atoms with Crippen molar-refractivity contribution in [1.82, 2.24) is 29.4 Å². The van der Waals surface area contributed by atoms with Crippen LogP contribution >= 0.6 is 0 Å². The van der Waals surface area contributed by atoms with Gasteiger partial charge < -0.3 is 19.9 Å². The van der Waals surface area contributed by atoms with E-state index in [1.54, 1.807) is 28.4 Å². The van der Waals surface area contributed by atoms with E-state index in [1.165, 1.54) is 6.07 Å². The molecular weight excluding hydrogens is 471 g/mol. The summed E-state index contributed by atoms with van der Waals surface area (Å²) in [5, 5.41) is 12.0. The number of aryl methyl sites for hydroxylation is 2. The number of benzene rings is 1. The van der Waals surface area contributed by atoms with Gasteiger partial charge in [0.1, 0.15) is 5.52 Å². The van der Waals surface area contributed by atoms with Crippen LogP contribution in [0.3, 0.4) is 0 Å². The number of carbonyl (C=O) groups excluding carboxylic acids is 1. The Morgan fingerprint density at radius 1 is 1.14 bits per heavy atom. The van der Waals surface area contributed by atoms with Gasteiger partial charge in [-0.15, -0.1) is 0 Å². The number of hydrogen-bond donors (Lipinski definition) is 2. The van der Waals surface area contributed by atoms with E-state index in [9.17, 15) is 9.18 Å². The Bertz CT molecular complexity index is 1480. The molecular formula is C27H33FN8O. The lowest BCUT2D eigenvalue weighted by molar-refractivity contribution is 0.102. The van der Waals surface area contributed by atoms with Crippen molar-refractivity contribution in [3.05, 3.63) is 53.9 Å². The highest BCUT2D eigenvalue weighted by molar-refractivity contribution is 6.13. The maximum absolute atomic E-state index is 14.5. The van der Waals surface area contributed by atoms with E-state index in [4.69, 9.17) is 0 Å². The Morgan fingerprint density at radius 2 is 1.92 bits per heavy atom. The van der Waals surface area contributed by atoms with E-state index in [0.29, 0.717) is 40.6 Å². The molecule has 4 aromatic rings. The molecule has 2 N–H and O–H groups in total. The molecule has 194 valence electrons. The summed E-state index contributed by atoms with van der Waals surface area (Å²) < 4.78 is 17.9. The van der Waals surface area contributed by atoms with Crippen LogP contribution < -0.4 is 15.5 Å². The number of aromatic nitrogens is 4. The van der Waals surface area contributed by atoms with Gasteiger partial charge in [0.05, 0.1) is 16.9 Å². The fourth-order valence-electron chi connectivity index (χ4n) is 6.04. The quantitative estimate of drug-likeness (QED) is 0.444. The van der Waals surface area contributed by atoms with Gasteiger partial charge in [-0.25, -0.2) is 9.37 Å². The zero-order valence-electron chi connectivity index (χ0n) is 21.7. The first-order chi connectivity index (χ1) is 17.7. The average molecular weight is 505 g/mol. The summed E-state index contributed by atoms with van der Waals surface area (Å²) in [4.78, 5) is 22.5. The van der Waals surface area contributed by atoms with Crippen molar-refractivity contribution in [2.24, 2.45) is 7.05 Å². The average Bonchev–Trinajstić information content (AvgIpc) is 3.55. The standard InChI is InChI=1S/C27H33FN8O/c1-16-10-35(11-17(2)29-16)20-7-8-34(14-20)24-6-5-21(25-22(24)15-33(4)32-25)27(37)31-19-9-23(28)26-30-18(3)12-36(26)13-19/h5-6,9,12-13,15-17,20,29H,7-8,10-11,14H2,1-4H3,(H,31,37)/t16-,17+,20-/m0/s1. The van der Waals surface area contributed by atoms with Crippen LogP contribution in [0.25, 0.3) is 16.6 Å². The summed E-state index contributed by atoms with van der Waals surface area (Å²) >= 11 is 0. The molecule has 2 aliphatic heterocycles. The highest BCUT2D eigenvalue weighted by Crippen LogP contribution is 2.33. The first-order valence-corrected chi connectivity index (χ1v) is 12.9. The summed E-state index contributed by atoms with van der Waals surface area (Å²) in [5.74, 6) is -0.810. The molecule has 2 aliphatic rings. The lowest BCUT2D eigenvalue weighted by atomic mass is 10.1. The molecule has 0 unspecified atom stereocenters. The number of hydrogen-bond acceptors (Lipinski definition) is 6. The van der Waals surface area contributed by atoms with Crippen LogP contribution in [0.15, 0.2) is 36.8 Å². The van der Waals surface area contributed by atoms with Gasteiger partial charge in [0.15, 0.2) is 11.5 Å². The number of fused-ring (bicyclic) bond motifs is 2. The minimum atomic E-state index is -0.485. The van der Waals surface area contributed by atoms with Crippen LogP contribution in [0.4, 0.5) is 15.8 Å². The van der Waals surface area contributed by atoms with Gasteiger partial charge in [0, 0.05) is 87.1 Å². The normalized spacial score (nSPS) is 22.8. The van der Waals surface area contributed by atoms with Crippen LogP contribution in [0, 0.1) is 12.7 Å². The summed E-state index contributed by atoms with van der Waals surface area (Å²) in [6.45, 7) is 10.4. The fraction of sp³-hybridized carbons (Fsp3) is 0.444. The van der Waals surface area contributed by atoms with Gasteiger partial charge in [-0.05, 0) is 39.3 Å². The molecule has 2 fully saturated rings. The van der Waals surface area contributed by atoms with Crippen molar-refractivity contribution in [3.63, 3.8) is 0 Å². The van der Waals surface area contributed by atoms with Crippen molar-refractivity contribution in [2.75, 3.05) is 36.4 Å². The zero-order valence-corrected chi connectivity index (χ0v) is 21.7. The lowest BCUT2D eigenvalue weighted by Gasteiger charge is -2.39. The van der Waals surface area contributed by atoms with Gasteiger partial charge in [-0.3, -0.25) is 14.4 Å². The molecule has 10 heteroatoms. The Labute approximate surface area is 215 Å². The second kappa shape index (κ2) is 9.11. The van der Waals surface area contributed by atoms with E-state index in [1.807, 2.05) is 25.4 Å². The highest BCUT2D eigenvalue weighted by Gasteiger charge is 2.33. The molecule has 0 bridgehead atoms. The number of piperazine rings is 1. The molecule has 5 heterocycles. The molecule has 37 heavy (non-hydrogen) atoms. The number of halogens is 1. The largest absolute Gasteiger partial charge is 0.369 e. The van der Waals surface area contributed by atoms with Gasteiger partial charge in [0.2, 0.25) is 0 Å². The van der Waals surface area contributed by atoms with Crippen LogP contribution in [-0.4, -0.2) is 74.3 Å². The highest BCUT2D eigenvalue weighted by atomic mass is 19.1. The predicted octanol–water partition coefficient (Wildman–Crippen LogP) is 3.18. The number of anilines is 2. The number of carbonyl (C=O) groups is 1. The maximum Gasteiger partial charge on any atom is 0.257 e. The second-order valence-electron chi connectivity index (χ2n) is 10.7. The van der Waals surface area contributed by atoms with Crippen molar-refractivity contribution in [2.45, 2.75) is 45.3 Å². The van der Waals surface area contributed by atoms with Crippen LogP contribution in [-0.2, 0) is 7.05 Å². The predicted molar refractivity (Wildman–Crippen MR) is 143 cm³/mol. The number of nitrogens with one attached hydrogen (secondary N) is 2. The SMILES string of the molecule is Cc1cn2cc(NC(=O)c3ccc(N4CC[C@H](N5C[C@@H](C)N[C@@H](C)C5)C4)c4cn(C)nc34)cc(F)c2n1. The molecule has 0 radical (unpaired) electrons. The van der Waals surface area contributed by atoms with Gasteiger partial charge in [-0.2, -0.15) is 5.10 Å². The Balaban J connectivity index is 1.26. The molecule has 0 spiro atoms. The monoisotopic (exact) mass is 504 g/mol. The molecule has 1 aromatic carbocycles. The van der Waals surface area contributed by atoms with Gasteiger partial charge >= 0.3 is 0 Å². The Hall–Kier alpha value is -3.50. The first kappa shape index (κ1) is 23.9. The maximum atomic E-state index is 14.5. The van der Waals surface area contributed by atoms with Crippen molar-refractivity contribution >= 4 is 33.8 Å². The van der Waals surface area contributed by atoms with E-state index in [0.717, 1.165) is 43.7 Å². The van der Waals surface area contributed by atoms with Crippen molar-refractivity contribution in [1.29, 1.82) is 0 Å². The van der Waals surface area contributed by atoms with Crippen LogP contribution in [0.5, 0.6) is 0 Å². The third-order valence-corrected chi connectivity index (χ3v) is 7.50. The number of nitrogens with zero attached hydrogens (tertiary/aromatic N) is 6. The zero-order chi connectivity index (χ0) is 25.8. The molecule has 3 aromatic heterocycles. The van der Waals surface area contributed by atoms with Gasteiger partial charge in [-0.1, -0.05) is 0 Å². The topological polar surface area (TPSA) is 82.7 Å². The molecule has 3 atom stereocenters. The number of rotatable bonds is 4. The third kappa shape index (κ3) is 4.44. The number of amides is 1. The minimum Gasteiger partial charge on any atom is -0.369 e. The van der Waals surface area contributed by atoms with Crippen LogP contribution in [0.1, 0.15) is 36.3 Å². The molecule has 1 amide bonds. The lowest BCUT2D eigenvalue weighted by Crippen LogP contribution is -2.57. The van der Waals surface area contributed by atoms with E-state index in [-0.39, 0.29) is 11.6 Å². The minimum absolute atomic E-state index is 0.237. The van der Waals surface area contributed by atoms with Crippen LogP contribution in [0.2, 0.25) is 0 Å². The first-order valence-electron chi connectivity index (χ1n) is 12.9. The summed E-state index contributed by atoms with van der Waals surface area (Å²) in [7, 11) is 1.87. The molecule has 0 aliphatic carbocycles. The fourth-order valence-corrected chi connectivity index (χ4v) is 6.04. The van der Waals surface area contributed by atoms with Crippen molar-refractivity contribution < 1.29 is 9.18 Å². The molecule has 2 saturated heterocycles. The number of imidazole rings is 1. The number of pyridine rings is 1. The molecule has 0 saturated carbocycles. The Kier molecular flexibility index (Phi) is 5.88. The summed E-state index contributed by atoms with van der Waals surface area (Å²) in [6, 6.07) is 6.65. The summed E-state index contributed by atoms with van der Waals surface area (Å²) in [6.07, 6.45) is 6.49. The summed E-state index contributed by atoms with van der Waals surface area (Å²) in [5.41, 5.74) is 3.51. The smallest absolute Gasteiger partial charge is 0.257 e. The molecule has 9 nitrogen and oxygen atoms in total.